The average molecular weight is 288 g/mol. The molecule has 96 valence electrons. The number of aryl methyl sites for hydroxylation is 2. The van der Waals surface area contributed by atoms with E-state index in [-0.39, 0.29) is 0 Å². The van der Waals surface area contributed by atoms with Crippen molar-refractivity contribution in [2.75, 3.05) is 5.32 Å². The summed E-state index contributed by atoms with van der Waals surface area (Å²) in [5.74, 6) is -2.19. The molecule has 6 heteroatoms. The van der Waals surface area contributed by atoms with Gasteiger partial charge in [-0.05, 0) is 25.0 Å². The lowest BCUT2D eigenvalue weighted by Gasteiger charge is -2.11. The van der Waals surface area contributed by atoms with Gasteiger partial charge in [0.1, 0.15) is 10.1 Å². The van der Waals surface area contributed by atoms with Crippen LogP contribution in [0.15, 0.2) is 28.3 Å². The monoisotopic (exact) mass is 287 g/mol. The third kappa shape index (κ3) is 3.24. The Bertz CT molecular complexity index is 518. The summed E-state index contributed by atoms with van der Waals surface area (Å²) in [4.78, 5) is 22.3. The SMILES string of the molecule is Cc1cccc(C)c1NC(=O)/C(Cl)=C(\Cl)C(=O)O. The third-order valence-corrected chi connectivity index (χ3v) is 3.11. The van der Waals surface area contributed by atoms with Crippen molar-refractivity contribution in [2.24, 2.45) is 0 Å². The molecule has 1 aromatic carbocycles. The normalized spacial score (nSPS) is 11.8. The molecule has 1 rings (SSSR count). The molecule has 2 N–H and O–H groups in total. The van der Waals surface area contributed by atoms with E-state index in [0.29, 0.717) is 5.69 Å². The first kappa shape index (κ1) is 14.5. The molecule has 0 unspecified atom stereocenters. The van der Waals surface area contributed by atoms with Crippen LogP contribution in [0.25, 0.3) is 0 Å². The molecular weight excluding hydrogens is 277 g/mol. The fraction of sp³-hybridized carbons (Fsp3) is 0.167. The van der Waals surface area contributed by atoms with Crippen molar-refractivity contribution in [1.29, 1.82) is 0 Å². The smallest absolute Gasteiger partial charge is 0.349 e. The molecule has 0 aliphatic carbocycles. The van der Waals surface area contributed by atoms with Crippen LogP contribution in [0.3, 0.4) is 0 Å². The molecule has 0 saturated heterocycles. The number of aliphatic carboxylic acids is 1. The van der Waals surface area contributed by atoms with Crippen LogP contribution in [0.5, 0.6) is 0 Å². The van der Waals surface area contributed by atoms with E-state index in [0.717, 1.165) is 11.1 Å². The van der Waals surface area contributed by atoms with Gasteiger partial charge < -0.3 is 10.4 Å². The molecule has 1 aromatic rings. The van der Waals surface area contributed by atoms with Gasteiger partial charge in [0.15, 0.2) is 0 Å². The fourth-order valence-corrected chi connectivity index (χ4v) is 1.59. The standard InChI is InChI=1S/C12H11Cl2NO3/c1-6-4-3-5-7(2)10(6)15-11(16)8(13)9(14)12(17)18/h3-5H,1-2H3,(H,15,16)(H,17,18)/b9-8+. The zero-order valence-electron chi connectivity index (χ0n) is 9.75. The number of amides is 1. The van der Waals surface area contributed by atoms with Crippen molar-refractivity contribution in [3.63, 3.8) is 0 Å². The third-order valence-electron chi connectivity index (χ3n) is 2.30. The number of para-hydroxylation sites is 1. The minimum absolute atomic E-state index is 0.549. The lowest BCUT2D eigenvalue weighted by molar-refractivity contribution is -0.132. The summed E-state index contributed by atoms with van der Waals surface area (Å²) in [5, 5.41) is 9.90. The number of carboxylic acids is 1. The summed E-state index contributed by atoms with van der Waals surface area (Å²) in [5.41, 5.74) is 2.29. The van der Waals surface area contributed by atoms with Crippen LogP contribution >= 0.6 is 23.2 Å². The number of hydrogen-bond donors (Lipinski definition) is 2. The van der Waals surface area contributed by atoms with Gasteiger partial charge in [-0.3, -0.25) is 4.79 Å². The van der Waals surface area contributed by atoms with E-state index in [9.17, 15) is 9.59 Å². The molecule has 0 atom stereocenters. The van der Waals surface area contributed by atoms with Crippen LogP contribution in [0.1, 0.15) is 11.1 Å². The topological polar surface area (TPSA) is 66.4 Å². The molecule has 0 spiro atoms. The van der Waals surface area contributed by atoms with Crippen LogP contribution in [-0.2, 0) is 9.59 Å². The van der Waals surface area contributed by atoms with Gasteiger partial charge >= 0.3 is 5.97 Å². The predicted octanol–water partition coefficient (Wildman–Crippen LogP) is 3.02. The molecule has 0 aromatic heterocycles. The van der Waals surface area contributed by atoms with Crippen molar-refractivity contribution < 1.29 is 14.7 Å². The number of rotatable bonds is 3. The molecule has 4 nitrogen and oxygen atoms in total. The number of benzene rings is 1. The Morgan fingerprint density at radius 1 is 1.11 bits per heavy atom. The predicted molar refractivity (Wildman–Crippen MR) is 70.9 cm³/mol. The summed E-state index contributed by atoms with van der Waals surface area (Å²) in [7, 11) is 0. The fourth-order valence-electron chi connectivity index (χ4n) is 1.37. The number of hydrogen-bond acceptors (Lipinski definition) is 2. The maximum atomic E-state index is 11.7. The van der Waals surface area contributed by atoms with Crippen molar-refractivity contribution in [3.8, 4) is 0 Å². The van der Waals surface area contributed by atoms with Crippen molar-refractivity contribution in [3.05, 3.63) is 39.4 Å². The van der Waals surface area contributed by atoms with E-state index in [1.165, 1.54) is 0 Å². The first-order valence-corrected chi connectivity index (χ1v) is 5.76. The number of carbonyl (C=O) groups excluding carboxylic acids is 1. The van der Waals surface area contributed by atoms with Crippen molar-refractivity contribution in [2.45, 2.75) is 13.8 Å². The van der Waals surface area contributed by atoms with Crippen LogP contribution in [0, 0.1) is 13.8 Å². The van der Waals surface area contributed by atoms with E-state index in [4.69, 9.17) is 28.3 Å². The second-order valence-electron chi connectivity index (χ2n) is 3.65. The zero-order valence-corrected chi connectivity index (χ0v) is 11.3. The molecule has 0 aliphatic heterocycles. The molecule has 0 fully saturated rings. The van der Waals surface area contributed by atoms with Crippen LogP contribution in [0.2, 0.25) is 0 Å². The van der Waals surface area contributed by atoms with Gasteiger partial charge in [-0.15, -0.1) is 0 Å². The minimum Gasteiger partial charge on any atom is -0.477 e. The Kier molecular flexibility index (Phi) is 4.76. The van der Waals surface area contributed by atoms with Gasteiger partial charge in [0, 0.05) is 5.69 Å². The highest BCUT2D eigenvalue weighted by atomic mass is 35.5. The van der Waals surface area contributed by atoms with Gasteiger partial charge in [-0.1, -0.05) is 41.4 Å². The summed E-state index contributed by atoms with van der Waals surface area (Å²) < 4.78 is 0. The number of anilines is 1. The van der Waals surface area contributed by atoms with Gasteiger partial charge in [-0.25, -0.2) is 4.79 Å². The summed E-state index contributed by atoms with van der Waals surface area (Å²) in [6.07, 6.45) is 0. The van der Waals surface area contributed by atoms with Crippen molar-refractivity contribution in [1.82, 2.24) is 0 Å². The maximum absolute atomic E-state index is 11.7. The highest BCUT2D eigenvalue weighted by Gasteiger charge is 2.18. The molecular formula is C12H11Cl2NO3. The number of carboxylic acid groups (broad SMARTS) is 1. The maximum Gasteiger partial charge on any atom is 0.349 e. The molecule has 0 radical (unpaired) electrons. The zero-order chi connectivity index (χ0) is 13.9. The second-order valence-corrected chi connectivity index (χ2v) is 4.41. The van der Waals surface area contributed by atoms with Crippen LogP contribution in [0.4, 0.5) is 5.69 Å². The van der Waals surface area contributed by atoms with Gasteiger partial charge in [0.05, 0.1) is 0 Å². The largest absolute Gasteiger partial charge is 0.477 e. The van der Waals surface area contributed by atoms with E-state index in [2.05, 4.69) is 5.32 Å². The highest BCUT2D eigenvalue weighted by molar-refractivity contribution is 6.54. The van der Waals surface area contributed by atoms with E-state index in [1.807, 2.05) is 32.0 Å². The van der Waals surface area contributed by atoms with Crippen molar-refractivity contribution >= 4 is 40.8 Å². The first-order chi connectivity index (χ1) is 8.34. The van der Waals surface area contributed by atoms with Gasteiger partial charge in [0.25, 0.3) is 5.91 Å². The van der Waals surface area contributed by atoms with Crippen LogP contribution < -0.4 is 5.32 Å². The van der Waals surface area contributed by atoms with Gasteiger partial charge in [-0.2, -0.15) is 0 Å². The first-order valence-electron chi connectivity index (χ1n) is 5.00. The lowest BCUT2D eigenvalue weighted by atomic mass is 10.1. The average Bonchev–Trinajstić information content (AvgIpc) is 2.31. The molecule has 0 bridgehead atoms. The quantitative estimate of drug-likeness (QED) is 0.840. The molecule has 0 heterocycles. The minimum atomic E-state index is -1.45. The molecule has 0 aliphatic rings. The Balaban J connectivity index is 3.03. The number of nitrogens with one attached hydrogen (secondary N) is 1. The summed E-state index contributed by atoms with van der Waals surface area (Å²) in [6, 6.07) is 5.49. The lowest BCUT2D eigenvalue weighted by Crippen LogP contribution is -2.15. The van der Waals surface area contributed by atoms with Gasteiger partial charge in [0.2, 0.25) is 0 Å². The van der Waals surface area contributed by atoms with E-state index in [1.54, 1.807) is 0 Å². The summed E-state index contributed by atoms with van der Waals surface area (Å²) in [6.45, 7) is 3.64. The molecule has 18 heavy (non-hydrogen) atoms. The molecule has 1 amide bonds. The Hall–Kier alpha value is -1.52. The number of carbonyl (C=O) groups is 2. The Labute approximate surface area is 114 Å². The summed E-state index contributed by atoms with van der Waals surface area (Å²) >= 11 is 11.0. The second kappa shape index (κ2) is 5.89. The van der Waals surface area contributed by atoms with E-state index < -0.39 is 21.9 Å². The van der Waals surface area contributed by atoms with E-state index >= 15 is 0 Å². The molecule has 0 saturated carbocycles. The highest BCUT2D eigenvalue weighted by Crippen LogP contribution is 2.22. The number of halogens is 2. The Morgan fingerprint density at radius 3 is 2.06 bits per heavy atom. The van der Waals surface area contributed by atoms with Crippen LogP contribution in [-0.4, -0.2) is 17.0 Å². The Morgan fingerprint density at radius 2 is 1.61 bits per heavy atom.